The molecule has 0 atom stereocenters. The van der Waals surface area contributed by atoms with Crippen molar-refractivity contribution in [3.63, 3.8) is 0 Å². The number of aromatic hydroxyl groups is 1. The predicted molar refractivity (Wildman–Crippen MR) is 67.5 cm³/mol. The molecule has 17 heavy (non-hydrogen) atoms. The molecule has 1 aromatic carbocycles. The molecule has 2 N–H and O–H groups in total. The fourth-order valence-corrected chi connectivity index (χ4v) is 2.17. The van der Waals surface area contributed by atoms with Gasteiger partial charge in [0, 0.05) is 38.3 Å². The van der Waals surface area contributed by atoms with Crippen molar-refractivity contribution in [2.45, 2.75) is 13.5 Å². The van der Waals surface area contributed by atoms with Crippen molar-refractivity contribution < 1.29 is 9.84 Å². The molecule has 0 bridgehead atoms. The van der Waals surface area contributed by atoms with Crippen LogP contribution < -0.4 is 10.1 Å². The van der Waals surface area contributed by atoms with E-state index in [0.717, 1.165) is 43.9 Å². The lowest BCUT2D eigenvalue weighted by Crippen LogP contribution is -2.42. The summed E-state index contributed by atoms with van der Waals surface area (Å²) in [5.74, 6) is 0.878. The van der Waals surface area contributed by atoms with E-state index in [2.05, 4.69) is 10.2 Å². The number of nitrogens with zero attached hydrogens (tertiary/aromatic N) is 1. The molecular weight excluding hydrogens is 216 g/mol. The third-order valence-electron chi connectivity index (χ3n) is 3.22. The van der Waals surface area contributed by atoms with Crippen LogP contribution in [0, 0.1) is 6.92 Å². The number of benzene rings is 1. The average molecular weight is 236 g/mol. The van der Waals surface area contributed by atoms with Gasteiger partial charge in [0.15, 0.2) is 11.5 Å². The van der Waals surface area contributed by atoms with E-state index in [1.165, 1.54) is 0 Å². The molecule has 1 fully saturated rings. The van der Waals surface area contributed by atoms with Crippen LogP contribution in [0.5, 0.6) is 11.5 Å². The standard InChI is InChI=1S/C13H20N2O2/c1-10-3-4-11(13(17-2)12(10)16)9-15-7-5-14-6-8-15/h3-4,14,16H,5-9H2,1-2H3. The van der Waals surface area contributed by atoms with Gasteiger partial charge >= 0.3 is 0 Å². The summed E-state index contributed by atoms with van der Waals surface area (Å²) >= 11 is 0. The number of phenolic OH excluding ortho intramolecular Hbond substituents is 1. The number of hydrogen-bond acceptors (Lipinski definition) is 4. The summed E-state index contributed by atoms with van der Waals surface area (Å²) in [6.45, 7) is 6.85. The van der Waals surface area contributed by atoms with Gasteiger partial charge < -0.3 is 15.2 Å². The molecule has 0 aromatic heterocycles. The van der Waals surface area contributed by atoms with Crippen molar-refractivity contribution in [2.24, 2.45) is 0 Å². The van der Waals surface area contributed by atoms with Crippen LogP contribution in [0.1, 0.15) is 11.1 Å². The van der Waals surface area contributed by atoms with E-state index in [1.807, 2.05) is 19.1 Å². The predicted octanol–water partition coefficient (Wildman–Crippen LogP) is 1.11. The van der Waals surface area contributed by atoms with E-state index >= 15 is 0 Å². The van der Waals surface area contributed by atoms with Gasteiger partial charge in [0.25, 0.3) is 0 Å². The lowest BCUT2D eigenvalue weighted by atomic mass is 10.1. The molecule has 94 valence electrons. The molecule has 0 spiro atoms. The highest BCUT2D eigenvalue weighted by molar-refractivity contribution is 5.50. The van der Waals surface area contributed by atoms with Crippen molar-refractivity contribution in [3.05, 3.63) is 23.3 Å². The molecule has 1 saturated heterocycles. The number of hydrogen-bond donors (Lipinski definition) is 2. The summed E-state index contributed by atoms with van der Waals surface area (Å²) in [7, 11) is 1.61. The van der Waals surface area contributed by atoms with Gasteiger partial charge in [-0.15, -0.1) is 0 Å². The van der Waals surface area contributed by atoms with Crippen molar-refractivity contribution >= 4 is 0 Å². The van der Waals surface area contributed by atoms with Gasteiger partial charge in [-0.05, 0) is 12.5 Å². The molecule has 0 unspecified atom stereocenters. The molecule has 4 nitrogen and oxygen atoms in total. The maximum absolute atomic E-state index is 9.95. The van der Waals surface area contributed by atoms with E-state index in [4.69, 9.17) is 4.74 Å². The third-order valence-corrected chi connectivity index (χ3v) is 3.22. The molecule has 0 amide bonds. The number of aryl methyl sites for hydroxylation is 1. The van der Waals surface area contributed by atoms with Crippen molar-refractivity contribution in [2.75, 3.05) is 33.3 Å². The van der Waals surface area contributed by atoms with Gasteiger partial charge in [0.1, 0.15) is 0 Å². The maximum atomic E-state index is 9.95. The second-order valence-corrected chi connectivity index (χ2v) is 4.45. The van der Waals surface area contributed by atoms with E-state index < -0.39 is 0 Å². The Kier molecular flexibility index (Phi) is 3.86. The number of piperazine rings is 1. The van der Waals surface area contributed by atoms with Crippen LogP contribution in [0.25, 0.3) is 0 Å². The van der Waals surface area contributed by atoms with Crippen LogP contribution in [0.15, 0.2) is 12.1 Å². The number of rotatable bonds is 3. The fraction of sp³-hybridized carbons (Fsp3) is 0.538. The summed E-state index contributed by atoms with van der Waals surface area (Å²) in [5.41, 5.74) is 1.91. The number of methoxy groups -OCH3 is 1. The average Bonchev–Trinajstić information content (AvgIpc) is 2.36. The van der Waals surface area contributed by atoms with Gasteiger partial charge in [0.2, 0.25) is 0 Å². The molecule has 1 heterocycles. The monoisotopic (exact) mass is 236 g/mol. The van der Waals surface area contributed by atoms with Crippen molar-refractivity contribution in [1.29, 1.82) is 0 Å². The van der Waals surface area contributed by atoms with Crippen LogP contribution in [0.3, 0.4) is 0 Å². The Morgan fingerprint density at radius 3 is 2.71 bits per heavy atom. The Labute approximate surface area is 102 Å². The first-order valence-electron chi connectivity index (χ1n) is 6.01. The Morgan fingerprint density at radius 1 is 1.35 bits per heavy atom. The highest BCUT2D eigenvalue weighted by Crippen LogP contribution is 2.33. The van der Waals surface area contributed by atoms with Crippen molar-refractivity contribution in [3.8, 4) is 11.5 Å². The molecule has 0 saturated carbocycles. The molecule has 1 aliphatic heterocycles. The first-order chi connectivity index (χ1) is 8.22. The van der Waals surface area contributed by atoms with Gasteiger partial charge in [-0.3, -0.25) is 4.90 Å². The summed E-state index contributed by atoms with van der Waals surface area (Å²) in [5, 5.41) is 13.3. The van der Waals surface area contributed by atoms with E-state index in [9.17, 15) is 5.11 Å². The minimum atomic E-state index is 0.264. The largest absolute Gasteiger partial charge is 0.504 e. The fourth-order valence-electron chi connectivity index (χ4n) is 2.17. The second kappa shape index (κ2) is 5.38. The number of nitrogens with one attached hydrogen (secondary N) is 1. The Balaban J connectivity index is 2.17. The molecule has 2 rings (SSSR count). The minimum Gasteiger partial charge on any atom is -0.504 e. The highest BCUT2D eigenvalue weighted by Gasteiger charge is 2.15. The first-order valence-corrected chi connectivity index (χ1v) is 6.01. The van der Waals surface area contributed by atoms with Gasteiger partial charge in [0.05, 0.1) is 7.11 Å². The molecule has 0 aliphatic carbocycles. The second-order valence-electron chi connectivity index (χ2n) is 4.45. The lowest BCUT2D eigenvalue weighted by Gasteiger charge is -2.28. The van der Waals surface area contributed by atoms with Gasteiger partial charge in [-0.2, -0.15) is 0 Å². The Hall–Kier alpha value is -1.26. The van der Waals surface area contributed by atoms with E-state index in [1.54, 1.807) is 7.11 Å². The minimum absolute atomic E-state index is 0.264. The Morgan fingerprint density at radius 2 is 2.06 bits per heavy atom. The zero-order valence-electron chi connectivity index (χ0n) is 10.5. The smallest absolute Gasteiger partial charge is 0.165 e. The number of phenols is 1. The zero-order chi connectivity index (χ0) is 12.3. The van der Waals surface area contributed by atoms with Gasteiger partial charge in [-0.1, -0.05) is 12.1 Å². The summed E-state index contributed by atoms with van der Waals surface area (Å²) in [6.07, 6.45) is 0. The van der Waals surface area contributed by atoms with E-state index in [-0.39, 0.29) is 5.75 Å². The molecule has 1 aromatic rings. The lowest BCUT2D eigenvalue weighted by molar-refractivity contribution is 0.229. The molecular formula is C13H20N2O2. The SMILES string of the molecule is COc1c(CN2CCNCC2)ccc(C)c1O. The van der Waals surface area contributed by atoms with Crippen molar-refractivity contribution in [1.82, 2.24) is 10.2 Å². The van der Waals surface area contributed by atoms with Crippen LogP contribution in [-0.2, 0) is 6.54 Å². The molecule has 1 aliphatic rings. The van der Waals surface area contributed by atoms with Crippen LogP contribution >= 0.6 is 0 Å². The topological polar surface area (TPSA) is 44.7 Å². The Bertz CT molecular complexity index is 387. The maximum Gasteiger partial charge on any atom is 0.165 e. The van der Waals surface area contributed by atoms with Gasteiger partial charge in [-0.25, -0.2) is 0 Å². The normalized spacial score (nSPS) is 17.1. The summed E-state index contributed by atoms with van der Waals surface area (Å²) in [6, 6.07) is 3.98. The van der Waals surface area contributed by atoms with Crippen LogP contribution in [0.2, 0.25) is 0 Å². The third kappa shape index (κ3) is 2.70. The van der Waals surface area contributed by atoms with Crippen LogP contribution in [0.4, 0.5) is 0 Å². The quantitative estimate of drug-likeness (QED) is 0.825. The molecule has 0 radical (unpaired) electrons. The summed E-state index contributed by atoms with van der Waals surface area (Å²) < 4.78 is 5.31. The van der Waals surface area contributed by atoms with Crippen LogP contribution in [-0.4, -0.2) is 43.3 Å². The highest BCUT2D eigenvalue weighted by atomic mass is 16.5. The first kappa shape index (κ1) is 12.2. The number of ether oxygens (including phenoxy) is 1. The van der Waals surface area contributed by atoms with E-state index in [0.29, 0.717) is 5.75 Å². The molecule has 4 heteroatoms. The summed E-state index contributed by atoms with van der Waals surface area (Å²) in [4.78, 5) is 2.36. The zero-order valence-corrected chi connectivity index (χ0v) is 10.5.